The Labute approximate surface area is 111 Å². The zero-order chi connectivity index (χ0) is 12.4. The van der Waals surface area contributed by atoms with Gasteiger partial charge in [-0.15, -0.1) is 11.8 Å². The van der Waals surface area contributed by atoms with Crippen molar-refractivity contribution >= 4 is 22.5 Å². The average molecular weight is 251 g/mol. The lowest BCUT2D eigenvalue weighted by atomic mass is 10.0. The van der Waals surface area contributed by atoms with Crippen molar-refractivity contribution in [3.63, 3.8) is 0 Å². The highest BCUT2D eigenvalue weighted by Gasteiger charge is 2.09. The number of aromatic nitrogens is 1. The third kappa shape index (κ3) is 1.89. The molecule has 2 heteroatoms. The zero-order valence-corrected chi connectivity index (χ0v) is 10.9. The molecule has 0 amide bonds. The van der Waals surface area contributed by atoms with E-state index in [9.17, 15) is 0 Å². The number of nitrogens with zero attached hydrogens (tertiary/aromatic N) is 1. The Bertz CT molecular complexity index is 677. The Balaban J connectivity index is 2.38. The maximum Gasteiger partial charge on any atom is 0.0719 e. The largest absolute Gasteiger partial charge is 0.256 e. The van der Waals surface area contributed by atoms with Crippen molar-refractivity contribution in [1.82, 2.24) is 4.98 Å². The number of benzene rings is 2. The molecular weight excluding hydrogens is 238 g/mol. The van der Waals surface area contributed by atoms with Crippen molar-refractivity contribution in [2.75, 3.05) is 6.26 Å². The van der Waals surface area contributed by atoms with Crippen LogP contribution in [0.3, 0.4) is 0 Å². The first-order chi connectivity index (χ1) is 8.90. The SMILES string of the molecule is CSc1ccc2ccccc2c1-c1ccccn1. The number of rotatable bonds is 2. The van der Waals surface area contributed by atoms with Gasteiger partial charge in [0.15, 0.2) is 0 Å². The summed E-state index contributed by atoms with van der Waals surface area (Å²) in [5, 5.41) is 2.53. The second-order valence-corrected chi connectivity index (χ2v) is 4.93. The number of fused-ring (bicyclic) bond motifs is 1. The molecule has 1 heterocycles. The van der Waals surface area contributed by atoms with Crippen LogP contribution in [0, 0.1) is 0 Å². The van der Waals surface area contributed by atoms with Crippen LogP contribution < -0.4 is 0 Å². The summed E-state index contributed by atoms with van der Waals surface area (Å²) in [7, 11) is 0. The molecular formula is C16H13NS. The fourth-order valence-corrected chi connectivity index (χ4v) is 2.82. The zero-order valence-electron chi connectivity index (χ0n) is 10.1. The van der Waals surface area contributed by atoms with Gasteiger partial charge in [0.25, 0.3) is 0 Å². The molecule has 88 valence electrons. The molecule has 0 aliphatic rings. The van der Waals surface area contributed by atoms with Gasteiger partial charge >= 0.3 is 0 Å². The van der Waals surface area contributed by atoms with Gasteiger partial charge in [-0.1, -0.05) is 36.4 Å². The quantitative estimate of drug-likeness (QED) is 0.616. The second kappa shape index (κ2) is 4.83. The summed E-state index contributed by atoms with van der Waals surface area (Å²) in [6.45, 7) is 0. The van der Waals surface area contributed by atoms with Crippen LogP contribution in [-0.4, -0.2) is 11.2 Å². The highest BCUT2D eigenvalue weighted by atomic mass is 32.2. The predicted octanol–water partition coefficient (Wildman–Crippen LogP) is 4.62. The summed E-state index contributed by atoms with van der Waals surface area (Å²) >= 11 is 1.77. The minimum Gasteiger partial charge on any atom is -0.256 e. The van der Waals surface area contributed by atoms with Crippen molar-refractivity contribution in [3.05, 3.63) is 60.8 Å². The molecule has 1 aromatic heterocycles. The molecule has 2 aromatic carbocycles. The lowest BCUT2D eigenvalue weighted by Gasteiger charge is -2.10. The minimum atomic E-state index is 1.04. The van der Waals surface area contributed by atoms with Crippen LogP contribution in [0.4, 0.5) is 0 Å². The van der Waals surface area contributed by atoms with Crippen LogP contribution in [0.25, 0.3) is 22.0 Å². The molecule has 0 aliphatic heterocycles. The fraction of sp³-hybridized carbons (Fsp3) is 0.0625. The molecule has 3 aromatic rings. The summed E-state index contributed by atoms with van der Waals surface area (Å²) in [6.07, 6.45) is 3.96. The molecule has 0 atom stereocenters. The standard InChI is InChI=1S/C16H13NS/c1-18-15-10-9-12-6-2-3-7-13(12)16(15)14-8-4-5-11-17-14/h2-11H,1H3. The summed E-state index contributed by atoms with van der Waals surface area (Å²) in [5.41, 5.74) is 2.28. The van der Waals surface area contributed by atoms with Gasteiger partial charge in [-0.3, -0.25) is 4.98 Å². The Morgan fingerprint density at radius 2 is 1.72 bits per heavy atom. The molecule has 0 saturated heterocycles. The minimum absolute atomic E-state index is 1.04. The Hall–Kier alpha value is -1.80. The monoisotopic (exact) mass is 251 g/mol. The summed E-state index contributed by atoms with van der Waals surface area (Å²) < 4.78 is 0. The predicted molar refractivity (Wildman–Crippen MR) is 79.0 cm³/mol. The van der Waals surface area contributed by atoms with Gasteiger partial charge in [0.1, 0.15) is 0 Å². The second-order valence-electron chi connectivity index (χ2n) is 4.08. The smallest absolute Gasteiger partial charge is 0.0719 e. The summed E-state index contributed by atoms with van der Waals surface area (Å²) in [6, 6.07) is 18.9. The van der Waals surface area contributed by atoms with Gasteiger partial charge in [-0.05, 0) is 35.2 Å². The van der Waals surface area contributed by atoms with Gasteiger partial charge in [0.2, 0.25) is 0 Å². The van der Waals surface area contributed by atoms with Crippen LogP contribution in [0.1, 0.15) is 0 Å². The van der Waals surface area contributed by atoms with Gasteiger partial charge < -0.3 is 0 Å². The van der Waals surface area contributed by atoms with Gasteiger partial charge in [0.05, 0.1) is 5.69 Å². The van der Waals surface area contributed by atoms with E-state index in [0.717, 1.165) is 5.69 Å². The van der Waals surface area contributed by atoms with E-state index in [4.69, 9.17) is 0 Å². The van der Waals surface area contributed by atoms with E-state index in [1.54, 1.807) is 11.8 Å². The van der Waals surface area contributed by atoms with Gasteiger partial charge in [-0.25, -0.2) is 0 Å². The first-order valence-electron chi connectivity index (χ1n) is 5.87. The van der Waals surface area contributed by atoms with Crippen LogP contribution in [-0.2, 0) is 0 Å². The third-order valence-corrected chi connectivity index (χ3v) is 3.81. The highest BCUT2D eigenvalue weighted by molar-refractivity contribution is 7.98. The highest BCUT2D eigenvalue weighted by Crippen LogP contribution is 2.35. The molecule has 1 nitrogen and oxygen atoms in total. The molecule has 3 rings (SSSR count). The van der Waals surface area contributed by atoms with E-state index < -0.39 is 0 Å². The number of hydrogen-bond acceptors (Lipinski definition) is 2. The number of hydrogen-bond donors (Lipinski definition) is 0. The first kappa shape index (κ1) is 11.3. The maximum atomic E-state index is 4.49. The van der Waals surface area contributed by atoms with E-state index >= 15 is 0 Å². The van der Waals surface area contributed by atoms with E-state index in [0.29, 0.717) is 0 Å². The molecule has 0 bridgehead atoms. The first-order valence-corrected chi connectivity index (χ1v) is 7.10. The van der Waals surface area contributed by atoms with Crippen LogP contribution in [0.5, 0.6) is 0 Å². The van der Waals surface area contributed by atoms with Crippen LogP contribution in [0.2, 0.25) is 0 Å². The summed E-state index contributed by atoms with van der Waals surface area (Å²) in [4.78, 5) is 5.77. The number of thioether (sulfide) groups is 1. The van der Waals surface area contributed by atoms with Crippen LogP contribution >= 0.6 is 11.8 Å². The number of pyridine rings is 1. The molecule has 0 radical (unpaired) electrons. The lowest BCUT2D eigenvalue weighted by Crippen LogP contribution is -1.87. The fourth-order valence-electron chi connectivity index (χ4n) is 2.20. The molecule has 18 heavy (non-hydrogen) atoms. The van der Waals surface area contributed by atoms with Gasteiger partial charge in [0, 0.05) is 16.7 Å². The van der Waals surface area contributed by atoms with Crippen LogP contribution in [0.15, 0.2) is 65.7 Å². The van der Waals surface area contributed by atoms with Crippen molar-refractivity contribution in [1.29, 1.82) is 0 Å². The van der Waals surface area contributed by atoms with Crippen molar-refractivity contribution in [2.24, 2.45) is 0 Å². The van der Waals surface area contributed by atoms with E-state index in [1.807, 2.05) is 18.3 Å². The summed E-state index contributed by atoms with van der Waals surface area (Å²) in [5.74, 6) is 0. The molecule has 0 unspecified atom stereocenters. The maximum absolute atomic E-state index is 4.49. The topological polar surface area (TPSA) is 12.9 Å². The Kier molecular flexibility index (Phi) is 3.03. The van der Waals surface area contributed by atoms with E-state index in [-0.39, 0.29) is 0 Å². The molecule has 0 saturated carbocycles. The molecule has 0 N–H and O–H groups in total. The van der Waals surface area contributed by atoms with Gasteiger partial charge in [-0.2, -0.15) is 0 Å². The average Bonchev–Trinajstić information content (AvgIpc) is 2.47. The lowest BCUT2D eigenvalue weighted by molar-refractivity contribution is 1.31. The molecule has 0 fully saturated rings. The molecule has 0 aliphatic carbocycles. The Morgan fingerprint density at radius 3 is 2.50 bits per heavy atom. The van der Waals surface area contributed by atoms with E-state index in [2.05, 4.69) is 53.7 Å². The molecule has 0 spiro atoms. The van der Waals surface area contributed by atoms with Crippen molar-refractivity contribution in [2.45, 2.75) is 4.90 Å². The normalized spacial score (nSPS) is 10.7. The van der Waals surface area contributed by atoms with Crippen molar-refractivity contribution < 1.29 is 0 Å². The third-order valence-electron chi connectivity index (χ3n) is 3.03. The van der Waals surface area contributed by atoms with E-state index in [1.165, 1.54) is 21.2 Å². The Morgan fingerprint density at radius 1 is 0.889 bits per heavy atom. The van der Waals surface area contributed by atoms with Crippen molar-refractivity contribution in [3.8, 4) is 11.3 Å².